The summed E-state index contributed by atoms with van der Waals surface area (Å²) < 4.78 is 14.7. The lowest BCUT2D eigenvalue weighted by atomic mass is 10.1. The summed E-state index contributed by atoms with van der Waals surface area (Å²) in [5.74, 6) is 0.291. The molecule has 0 aliphatic rings. The molecule has 78 valence electrons. The zero-order chi connectivity index (χ0) is 10.8. The molecule has 2 aromatic rings. The van der Waals surface area contributed by atoms with Crippen molar-refractivity contribution in [1.29, 1.82) is 0 Å². The first-order chi connectivity index (χ1) is 7.18. The molecule has 15 heavy (non-hydrogen) atoms. The van der Waals surface area contributed by atoms with Crippen LogP contribution in [0, 0.1) is 5.82 Å². The number of imidazole rings is 1. The van der Waals surface area contributed by atoms with E-state index in [1.54, 1.807) is 23.2 Å². The van der Waals surface area contributed by atoms with Gasteiger partial charge < -0.3 is 10.3 Å². The van der Waals surface area contributed by atoms with Crippen molar-refractivity contribution in [3.05, 3.63) is 48.1 Å². The van der Waals surface area contributed by atoms with E-state index in [-0.39, 0.29) is 0 Å². The Kier molecular flexibility index (Phi) is 2.47. The maximum atomic E-state index is 12.9. The Morgan fingerprint density at radius 1 is 1.47 bits per heavy atom. The van der Waals surface area contributed by atoms with Gasteiger partial charge in [-0.25, -0.2) is 9.37 Å². The largest absolute Gasteiger partial charge is 0.336 e. The lowest BCUT2D eigenvalue weighted by molar-refractivity contribution is 0.613. The number of nitrogens with two attached hydrogens (primary N) is 1. The number of halogens is 1. The Morgan fingerprint density at radius 2 is 2.27 bits per heavy atom. The van der Waals surface area contributed by atoms with Gasteiger partial charge in [0.25, 0.3) is 0 Å². The zero-order valence-electron chi connectivity index (χ0n) is 8.26. The van der Waals surface area contributed by atoms with Gasteiger partial charge in [0.05, 0.1) is 12.2 Å². The first kappa shape index (κ1) is 9.79. The van der Waals surface area contributed by atoms with E-state index in [0.29, 0.717) is 11.4 Å². The number of hydrogen-bond acceptors (Lipinski definition) is 3. The van der Waals surface area contributed by atoms with Crippen molar-refractivity contribution < 1.29 is 4.39 Å². The second-order valence-electron chi connectivity index (χ2n) is 3.31. The van der Waals surface area contributed by atoms with Crippen molar-refractivity contribution in [3.63, 3.8) is 0 Å². The summed E-state index contributed by atoms with van der Waals surface area (Å²) in [7, 11) is 1.84. The third kappa shape index (κ3) is 1.87. The van der Waals surface area contributed by atoms with Gasteiger partial charge in [0.2, 0.25) is 0 Å². The molecule has 0 amide bonds. The predicted octanol–water partition coefficient (Wildman–Crippen LogP) is 1.00. The van der Waals surface area contributed by atoms with Gasteiger partial charge in [-0.15, -0.1) is 0 Å². The summed E-state index contributed by atoms with van der Waals surface area (Å²) in [5, 5.41) is 0. The van der Waals surface area contributed by atoms with Crippen LogP contribution >= 0.6 is 0 Å². The Hall–Kier alpha value is -1.75. The van der Waals surface area contributed by atoms with Crippen LogP contribution in [0.25, 0.3) is 0 Å². The number of aromatic nitrogens is 3. The van der Waals surface area contributed by atoms with Crippen LogP contribution in [0.1, 0.15) is 17.4 Å². The molecule has 4 nitrogen and oxygen atoms in total. The number of aryl methyl sites for hydroxylation is 1. The minimum Gasteiger partial charge on any atom is -0.336 e. The van der Waals surface area contributed by atoms with Gasteiger partial charge in [-0.1, -0.05) is 0 Å². The van der Waals surface area contributed by atoms with Crippen LogP contribution in [-0.4, -0.2) is 14.5 Å². The van der Waals surface area contributed by atoms with Gasteiger partial charge in [0, 0.05) is 25.6 Å². The van der Waals surface area contributed by atoms with Crippen molar-refractivity contribution in [2.45, 2.75) is 6.04 Å². The maximum absolute atomic E-state index is 12.9. The fourth-order valence-electron chi connectivity index (χ4n) is 1.42. The molecule has 2 N–H and O–H groups in total. The molecule has 1 atom stereocenters. The molecule has 0 saturated heterocycles. The van der Waals surface area contributed by atoms with E-state index >= 15 is 0 Å². The van der Waals surface area contributed by atoms with Gasteiger partial charge >= 0.3 is 0 Å². The minimum absolute atomic E-state index is 0.392. The van der Waals surface area contributed by atoms with Crippen LogP contribution < -0.4 is 5.73 Å². The van der Waals surface area contributed by atoms with Crippen LogP contribution in [0.5, 0.6) is 0 Å². The number of nitrogens with zero attached hydrogens (tertiary/aromatic N) is 3. The van der Waals surface area contributed by atoms with Gasteiger partial charge in [0.1, 0.15) is 11.6 Å². The van der Waals surface area contributed by atoms with Crippen LogP contribution in [0.3, 0.4) is 0 Å². The molecule has 0 fully saturated rings. The topological polar surface area (TPSA) is 56.7 Å². The van der Waals surface area contributed by atoms with E-state index < -0.39 is 11.9 Å². The first-order valence-electron chi connectivity index (χ1n) is 4.51. The molecule has 0 aliphatic heterocycles. The van der Waals surface area contributed by atoms with E-state index in [1.807, 2.05) is 7.05 Å². The molecule has 2 rings (SSSR count). The first-order valence-corrected chi connectivity index (χ1v) is 4.51. The fourth-order valence-corrected chi connectivity index (χ4v) is 1.42. The highest BCUT2D eigenvalue weighted by molar-refractivity contribution is 5.21. The highest BCUT2D eigenvalue weighted by Crippen LogP contribution is 2.16. The highest BCUT2D eigenvalue weighted by atomic mass is 19.1. The number of hydrogen-bond donors (Lipinski definition) is 1. The summed E-state index contributed by atoms with van der Waals surface area (Å²) in [6, 6.07) is 0.917. The zero-order valence-corrected chi connectivity index (χ0v) is 8.26. The summed E-state index contributed by atoms with van der Waals surface area (Å²) in [4.78, 5) is 7.86. The normalized spacial score (nSPS) is 12.7. The molecule has 2 aromatic heterocycles. The van der Waals surface area contributed by atoms with Crippen molar-refractivity contribution in [1.82, 2.24) is 14.5 Å². The second kappa shape index (κ2) is 3.78. The standard InChI is InChI=1S/C10H11FN4/c1-15-3-2-14-10(15)9(12)7-4-8(11)6-13-5-7/h2-6,9H,12H2,1H3. The molecule has 1 unspecified atom stereocenters. The van der Waals surface area contributed by atoms with E-state index in [9.17, 15) is 4.39 Å². The van der Waals surface area contributed by atoms with E-state index in [0.717, 1.165) is 6.20 Å². The summed E-state index contributed by atoms with van der Waals surface area (Å²) in [5.41, 5.74) is 6.56. The smallest absolute Gasteiger partial charge is 0.141 e. The molecule has 2 heterocycles. The van der Waals surface area contributed by atoms with Gasteiger partial charge in [0.15, 0.2) is 0 Å². The van der Waals surface area contributed by atoms with E-state index in [4.69, 9.17) is 5.73 Å². The highest BCUT2D eigenvalue weighted by Gasteiger charge is 2.13. The third-order valence-corrected chi connectivity index (χ3v) is 2.22. The molecular formula is C10H11FN4. The van der Waals surface area contributed by atoms with E-state index in [2.05, 4.69) is 9.97 Å². The van der Waals surface area contributed by atoms with Crippen LogP contribution in [0.2, 0.25) is 0 Å². The lowest BCUT2D eigenvalue weighted by Crippen LogP contribution is -2.16. The quantitative estimate of drug-likeness (QED) is 0.797. The molecule has 0 radical (unpaired) electrons. The van der Waals surface area contributed by atoms with Crippen molar-refractivity contribution in [2.24, 2.45) is 12.8 Å². The summed E-state index contributed by atoms with van der Waals surface area (Å²) >= 11 is 0. The molecule has 0 aliphatic carbocycles. The molecule has 5 heteroatoms. The summed E-state index contributed by atoms with van der Waals surface area (Å²) in [6.07, 6.45) is 6.14. The maximum Gasteiger partial charge on any atom is 0.141 e. The Labute approximate surface area is 86.6 Å². The summed E-state index contributed by atoms with van der Waals surface area (Å²) in [6.45, 7) is 0. The van der Waals surface area contributed by atoms with Crippen LogP contribution in [0.15, 0.2) is 30.9 Å². The van der Waals surface area contributed by atoms with Crippen LogP contribution in [0.4, 0.5) is 4.39 Å². The van der Waals surface area contributed by atoms with Crippen molar-refractivity contribution in [2.75, 3.05) is 0 Å². The van der Waals surface area contributed by atoms with Crippen LogP contribution in [-0.2, 0) is 7.05 Å². The average molecular weight is 206 g/mol. The molecule has 0 aromatic carbocycles. The van der Waals surface area contributed by atoms with Gasteiger partial charge in [-0.05, 0) is 11.6 Å². The molecule has 0 bridgehead atoms. The Morgan fingerprint density at radius 3 is 2.87 bits per heavy atom. The van der Waals surface area contributed by atoms with Gasteiger partial charge in [-0.3, -0.25) is 4.98 Å². The average Bonchev–Trinajstić information content (AvgIpc) is 2.63. The number of pyridine rings is 1. The predicted molar refractivity (Wildman–Crippen MR) is 53.4 cm³/mol. The monoisotopic (exact) mass is 206 g/mol. The van der Waals surface area contributed by atoms with E-state index in [1.165, 1.54) is 6.07 Å². The molecule has 0 saturated carbocycles. The lowest BCUT2D eigenvalue weighted by Gasteiger charge is -2.11. The second-order valence-corrected chi connectivity index (χ2v) is 3.31. The molecule has 0 spiro atoms. The third-order valence-electron chi connectivity index (χ3n) is 2.22. The number of rotatable bonds is 2. The minimum atomic E-state index is -0.451. The fraction of sp³-hybridized carbons (Fsp3) is 0.200. The molecular weight excluding hydrogens is 195 g/mol. The Bertz CT molecular complexity index is 466. The van der Waals surface area contributed by atoms with Crippen molar-refractivity contribution >= 4 is 0 Å². The van der Waals surface area contributed by atoms with Crippen molar-refractivity contribution in [3.8, 4) is 0 Å². The van der Waals surface area contributed by atoms with Gasteiger partial charge in [-0.2, -0.15) is 0 Å². The Balaban J connectivity index is 2.36. The SMILES string of the molecule is Cn1ccnc1C(N)c1cncc(F)c1.